The van der Waals surface area contributed by atoms with Gasteiger partial charge < -0.3 is 9.47 Å². The van der Waals surface area contributed by atoms with Crippen LogP contribution in [0.15, 0.2) is 30.5 Å². The van der Waals surface area contributed by atoms with Crippen molar-refractivity contribution in [2.24, 2.45) is 0 Å². The first-order chi connectivity index (χ1) is 8.63. The molecule has 0 radical (unpaired) electrons. The third kappa shape index (κ3) is 2.20. The van der Waals surface area contributed by atoms with Crippen LogP contribution >= 0.6 is 0 Å². The van der Waals surface area contributed by atoms with Crippen molar-refractivity contribution in [3.05, 3.63) is 30.5 Å². The second-order valence-electron chi connectivity index (χ2n) is 3.67. The van der Waals surface area contributed by atoms with Crippen LogP contribution in [0.4, 0.5) is 4.79 Å². The molecule has 0 amide bonds. The van der Waals surface area contributed by atoms with Crippen molar-refractivity contribution in [1.82, 2.24) is 4.57 Å². The Morgan fingerprint density at radius 2 is 2.06 bits per heavy atom. The molecule has 1 heterocycles. The van der Waals surface area contributed by atoms with E-state index >= 15 is 0 Å². The minimum Gasteiger partial charge on any atom is -0.449 e. The molecule has 2 aromatic rings. The predicted octanol–water partition coefficient (Wildman–Crippen LogP) is 2.57. The first kappa shape index (κ1) is 12.2. The fourth-order valence-electron chi connectivity index (χ4n) is 1.74. The first-order valence-electron chi connectivity index (χ1n) is 5.59. The zero-order valence-electron chi connectivity index (χ0n) is 10.2. The maximum atomic E-state index is 11.8. The van der Waals surface area contributed by atoms with Gasteiger partial charge in [0, 0.05) is 18.5 Å². The summed E-state index contributed by atoms with van der Waals surface area (Å²) in [5.74, 6) is -0.0860. The second kappa shape index (κ2) is 4.91. The molecule has 0 saturated carbocycles. The number of ether oxygens (including phenoxy) is 2. The number of esters is 1. The van der Waals surface area contributed by atoms with Crippen molar-refractivity contribution in [3.8, 4) is 5.75 Å². The molecule has 94 valence electrons. The number of rotatable bonds is 2. The standard InChI is InChI=1S/C13H13NO4/c1-3-17-13(16)14-8-7-10-5-4-6-11(12(10)14)18-9(2)15/h4-8H,3H2,1-2H3. The van der Waals surface area contributed by atoms with Gasteiger partial charge in [-0.15, -0.1) is 0 Å². The van der Waals surface area contributed by atoms with E-state index in [9.17, 15) is 9.59 Å². The van der Waals surface area contributed by atoms with Crippen LogP contribution in [-0.4, -0.2) is 23.2 Å². The minimum absolute atomic E-state index is 0.286. The van der Waals surface area contributed by atoms with Gasteiger partial charge in [-0.05, 0) is 19.1 Å². The summed E-state index contributed by atoms with van der Waals surface area (Å²) < 4.78 is 11.4. The zero-order valence-corrected chi connectivity index (χ0v) is 10.2. The summed E-state index contributed by atoms with van der Waals surface area (Å²) in [6.07, 6.45) is 1.10. The van der Waals surface area contributed by atoms with Gasteiger partial charge >= 0.3 is 12.1 Å². The van der Waals surface area contributed by atoms with E-state index in [4.69, 9.17) is 9.47 Å². The fraction of sp³-hybridized carbons (Fsp3) is 0.231. The van der Waals surface area contributed by atoms with Gasteiger partial charge in [0.05, 0.1) is 6.61 Å². The SMILES string of the molecule is CCOC(=O)n1ccc2cccc(OC(C)=O)c21. The number of carbonyl (C=O) groups excluding carboxylic acids is 2. The molecule has 0 N–H and O–H groups in total. The van der Waals surface area contributed by atoms with Gasteiger partial charge in [0.2, 0.25) is 0 Å². The highest BCUT2D eigenvalue weighted by atomic mass is 16.6. The third-order valence-electron chi connectivity index (χ3n) is 2.39. The molecule has 0 fully saturated rings. The molecule has 0 unspecified atom stereocenters. The molecule has 0 bridgehead atoms. The van der Waals surface area contributed by atoms with Gasteiger partial charge in [-0.2, -0.15) is 0 Å². The predicted molar refractivity (Wildman–Crippen MR) is 65.7 cm³/mol. The largest absolute Gasteiger partial charge is 0.449 e. The van der Waals surface area contributed by atoms with E-state index < -0.39 is 12.1 Å². The third-order valence-corrected chi connectivity index (χ3v) is 2.39. The van der Waals surface area contributed by atoms with E-state index in [2.05, 4.69) is 0 Å². The maximum Gasteiger partial charge on any atom is 0.418 e. The van der Waals surface area contributed by atoms with Crippen molar-refractivity contribution >= 4 is 23.0 Å². The monoisotopic (exact) mass is 247 g/mol. The lowest BCUT2D eigenvalue weighted by atomic mass is 10.2. The average Bonchev–Trinajstić information content (AvgIpc) is 2.73. The summed E-state index contributed by atoms with van der Waals surface area (Å²) >= 11 is 0. The molecule has 0 spiro atoms. The van der Waals surface area contributed by atoms with Crippen molar-refractivity contribution < 1.29 is 19.1 Å². The smallest absolute Gasteiger partial charge is 0.418 e. The lowest BCUT2D eigenvalue weighted by Gasteiger charge is -2.08. The summed E-state index contributed by atoms with van der Waals surface area (Å²) in [7, 11) is 0. The van der Waals surface area contributed by atoms with Crippen molar-refractivity contribution in [2.75, 3.05) is 6.61 Å². The maximum absolute atomic E-state index is 11.8. The average molecular weight is 247 g/mol. The van der Waals surface area contributed by atoms with E-state index in [0.29, 0.717) is 11.3 Å². The van der Waals surface area contributed by atoms with Crippen molar-refractivity contribution in [1.29, 1.82) is 0 Å². The highest BCUT2D eigenvalue weighted by Crippen LogP contribution is 2.27. The molecule has 0 aliphatic heterocycles. The summed E-state index contributed by atoms with van der Waals surface area (Å²) in [6, 6.07) is 6.99. The van der Waals surface area contributed by atoms with Crippen LogP contribution in [-0.2, 0) is 9.53 Å². The number of benzene rings is 1. The number of para-hydroxylation sites is 1. The van der Waals surface area contributed by atoms with Gasteiger partial charge in [-0.1, -0.05) is 12.1 Å². The van der Waals surface area contributed by atoms with Gasteiger partial charge in [0.25, 0.3) is 0 Å². The molecule has 0 atom stereocenters. The van der Waals surface area contributed by atoms with Crippen LogP contribution in [0.25, 0.3) is 10.9 Å². The van der Waals surface area contributed by atoms with E-state index in [1.807, 2.05) is 6.07 Å². The molecule has 18 heavy (non-hydrogen) atoms. The normalized spacial score (nSPS) is 10.3. The molecular weight excluding hydrogens is 234 g/mol. The van der Waals surface area contributed by atoms with Crippen LogP contribution in [0, 0.1) is 0 Å². The van der Waals surface area contributed by atoms with Crippen LogP contribution in [0.1, 0.15) is 13.8 Å². The Morgan fingerprint density at radius 1 is 1.28 bits per heavy atom. The number of hydrogen-bond acceptors (Lipinski definition) is 4. The van der Waals surface area contributed by atoms with Crippen LogP contribution in [0.3, 0.4) is 0 Å². The molecule has 0 aliphatic rings. The quantitative estimate of drug-likeness (QED) is 0.604. The first-order valence-corrected chi connectivity index (χ1v) is 5.59. The fourth-order valence-corrected chi connectivity index (χ4v) is 1.74. The number of hydrogen-bond donors (Lipinski definition) is 0. The molecule has 5 heteroatoms. The zero-order chi connectivity index (χ0) is 13.1. The van der Waals surface area contributed by atoms with Crippen LogP contribution in [0.5, 0.6) is 5.75 Å². The Labute approximate surface area is 104 Å². The second-order valence-corrected chi connectivity index (χ2v) is 3.67. The van der Waals surface area contributed by atoms with Gasteiger partial charge in [-0.3, -0.25) is 4.79 Å². The van der Waals surface area contributed by atoms with Crippen LogP contribution < -0.4 is 4.74 Å². The molecular formula is C13H13NO4. The number of nitrogens with zero attached hydrogens (tertiary/aromatic N) is 1. The Kier molecular flexibility index (Phi) is 3.32. The topological polar surface area (TPSA) is 57.5 Å². The molecule has 1 aromatic heterocycles. The summed E-state index contributed by atoms with van der Waals surface area (Å²) in [5, 5.41) is 0.807. The summed E-state index contributed by atoms with van der Waals surface area (Å²) in [6.45, 7) is 3.33. The summed E-state index contributed by atoms with van der Waals surface area (Å²) in [4.78, 5) is 22.8. The summed E-state index contributed by atoms with van der Waals surface area (Å²) in [5.41, 5.74) is 0.533. The molecule has 0 saturated heterocycles. The molecule has 0 aliphatic carbocycles. The van der Waals surface area contributed by atoms with Crippen LogP contribution in [0.2, 0.25) is 0 Å². The molecule has 1 aromatic carbocycles. The number of aromatic nitrogens is 1. The van der Waals surface area contributed by atoms with Gasteiger partial charge in [0.15, 0.2) is 5.75 Å². The van der Waals surface area contributed by atoms with Crippen molar-refractivity contribution in [2.45, 2.75) is 13.8 Å². The van der Waals surface area contributed by atoms with E-state index in [-0.39, 0.29) is 6.61 Å². The minimum atomic E-state index is -0.493. The number of fused-ring (bicyclic) bond motifs is 1. The van der Waals surface area contributed by atoms with Gasteiger partial charge in [-0.25, -0.2) is 9.36 Å². The van der Waals surface area contributed by atoms with Gasteiger partial charge in [0.1, 0.15) is 5.52 Å². The highest BCUT2D eigenvalue weighted by molar-refractivity contribution is 5.94. The Balaban J connectivity index is 2.54. The lowest BCUT2D eigenvalue weighted by Crippen LogP contribution is -2.13. The number of carbonyl (C=O) groups is 2. The molecule has 2 rings (SSSR count). The highest BCUT2D eigenvalue weighted by Gasteiger charge is 2.14. The lowest BCUT2D eigenvalue weighted by molar-refractivity contribution is -0.131. The van der Waals surface area contributed by atoms with Crippen molar-refractivity contribution in [3.63, 3.8) is 0 Å². The Hall–Kier alpha value is -2.30. The Bertz CT molecular complexity index is 600. The van der Waals surface area contributed by atoms with E-state index in [1.54, 1.807) is 31.3 Å². The molecule has 5 nitrogen and oxygen atoms in total. The van der Waals surface area contributed by atoms with E-state index in [1.165, 1.54) is 11.5 Å². The van der Waals surface area contributed by atoms with E-state index in [0.717, 1.165) is 5.39 Å². The Morgan fingerprint density at radius 3 is 2.72 bits per heavy atom.